The molecule has 0 aromatic heterocycles. The standard InChI is InChI=1S/C16H17N3O4/c1-16(2,18-15(20)21)11-7-9-12(10-8-11)17-13-5-3-4-6-14(13)19(22)23/h3-10,17-18H,1-2H3,(H,20,21). The van der Waals surface area contributed by atoms with Gasteiger partial charge in [0.1, 0.15) is 5.69 Å². The fraction of sp³-hybridized carbons (Fsp3) is 0.188. The Hall–Kier alpha value is -3.09. The molecule has 0 aliphatic carbocycles. The van der Waals surface area contributed by atoms with Crippen LogP contribution in [0.15, 0.2) is 48.5 Å². The lowest BCUT2D eigenvalue weighted by Crippen LogP contribution is -2.39. The minimum Gasteiger partial charge on any atom is -0.465 e. The van der Waals surface area contributed by atoms with Crippen LogP contribution in [-0.2, 0) is 5.54 Å². The maximum Gasteiger partial charge on any atom is 0.405 e. The summed E-state index contributed by atoms with van der Waals surface area (Å²) < 4.78 is 0. The minimum absolute atomic E-state index is 0.00977. The molecule has 0 fully saturated rings. The molecular weight excluding hydrogens is 298 g/mol. The van der Waals surface area contributed by atoms with Gasteiger partial charge in [0.15, 0.2) is 0 Å². The highest BCUT2D eigenvalue weighted by molar-refractivity contribution is 5.70. The van der Waals surface area contributed by atoms with Crippen molar-refractivity contribution in [3.8, 4) is 0 Å². The lowest BCUT2D eigenvalue weighted by Gasteiger charge is -2.25. The van der Waals surface area contributed by atoms with Gasteiger partial charge in [0, 0.05) is 11.8 Å². The Morgan fingerprint density at radius 1 is 1.13 bits per heavy atom. The summed E-state index contributed by atoms with van der Waals surface area (Å²) in [7, 11) is 0. The number of nitrogens with zero attached hydrogens (tertiary/aromatic N) is 1. The van der Waals surface area contributed by atoms with E-state index in [1.165, 1.54) is 6.07 Å². The highest BCUT2D eigenvalue weighted by atomic mass is 16.6. The maximum atomic E-state index is 11.0. The largest absolute Gasteiger partial charge is 0.465 e. The van der Waals surface area contributed by atoms with Gasteiger partial charge < -0.3 is 15.7 Å². The average Bonchev–Trinajstić information content (AvgIpc) is 2.47. The Morgan fingerprint density at radius 3 is 2.30 bits per heavy atom. The van der Waals surface area contributed by atoms with E-state index < -0.39 is 16.6 Å². The summed E-state index contributed by atoms with van der Waals surface area (Å²) in [5.74, 6) is 0. The van der Waals surface area contributed by atoms with Crippen LogP contribution in [0.25, 0.3) is 0 Å². The quantitative estimate of drug-likeness (QED) is 0.574. The number of benzene rings is 2. The van der Waals surface area contributed by atoms with Gasteiger partial charge in [-0.05, 0) is 37.6 Å². The van der Waals surface area contributed by atoms with E-state index in [2.05, 4.69) is 10.6 Å². The van der Waals surface area contributed by atoms with Crippen molar-refractivity contribution in [1.82, 2.24) is 5.32 Å². The van der Waals surface area contributed by atoms with Gasteiger partial charge in [-0.3, -0.25) is 10.1 Å². The summed E-state index contributed by atoms with van der Waals surface area (Å²) in [5, 5.41) is 25.3. The molecule has 0 bridgehead atoms. The second-order valence-electron chi connectivity index (χ2n) is 5.53. The topological polar surface area (TPSA) is 104 Å². The van der Waals surface area contributed by atoms with Crippen molar-refractivity contribution in [3.05, 3.63) is 64.2 Å². The highest BCUT2D eigenvalue weighted by Crippen LogP contribution is 2.28. The molecule has 0 unspecified atom stereocenters. The summed E-state index contributed by atoms with van der Waals surface area (Å²) in [6.07, 6.45) is -1.10. The van der Waals surface area contributed by atoms with E-state index in [9.17, 15) is 14.9 Å². The van der Waals surface area contributed by atoms with Crippen molar-refractivity contribution in [1.29, 1.82) is 0 Å². The SMILES string of the molecule is CC(C)(NC(=O)O)c1ccc(Nc2ccccc2[N+](=O)[O-])cc1. The molecule has 1 amide bonds. The van der Waals surface area contributed by atoms with Crippen LogP contribution < -0.4 is 10.6 Å². The number of anilines is 2. The molecule has 0 heterocycles. The zero-order chi connectivity index (χ0) is 17.0. The first-order chi connectivity index (χ1) is 10.8. The third-order valence-electron chi connectivity index (χ3n) is 3.41. The number of carbonyl (C=O) groups is 1. The van der Waals surface area contributed by atoms with Crippen LogP contribution >= 0.6 is 0 Å². The predicted octanol–water partition coefficient (Wildman–Crippen LogP) is 3.84. The molecule has 7 heteroatoms. The van der Waals surface area contributed by atoms with Crippen molar-refractivity contribution in [2.75, 3.05) is 5.32 Å². The Labute approximate surface area is 133 Å². The van der Waals surface area contributed by atoms with Gasteiger partial charge in [-0.25, -0.2) is 4.79 Å². The fourth-order valence-corrected chi connectivity index (χ4v) is 2.20. The number of rotatable bonds is 5. The van der Waals surface area contributed by atoms with Gasteiger partial charge in [0.25, 0.3) is 5.69 Å². The number of hydrogen-bond donors (Lipinski definition) is 3. The zero-order valence-electron chi connectivity index (χ0n) is 12.7. The first-order valence-electron chi connectivity index (χ1n) is 6.92. The minimum atomic E-state index is -1.10. The van der Waals surface area contributed by atoms with Crippen molar-refractivity contribution in [3.63, 3.8) is 0 Å². The first-order valence-corrected chi connectivity index (χ1v) is 6.92. The number of nitro benzene ring substituents is 1. The lowest BCUT2D eigenvalue weighted by molar-refractivity contribution is -0.383. The lowest BCUT2D eigenvalue weighted by atomic mass is 9.94. The summed E-state index contributed by atoms with van der Waals surface area (Å²) in [6, 6.07) is 13.4. The van der Waals surface area contributed by atoms with Crippen LogP contribution in [0.2, 0.25) is 0 Å². The third-order valence-corrected chi connectivity index (χ3v) is 3.41. The van der Waals surface area contributed by atoms with Crippen molar-refractivity contribution >= 4 is 23.2 Å². The van der Waals surface area contributed by atoms with E-state index in [1.807, 2.05) is 0 Å². The van der Waals surface area contributed by atoms with Crippen LogP contribution in [0, 0.1) is 10.1 Å². The predicted molar refractivity (Wildman–Crippen MR) is 87.0 cm³/mol. The van der Waals surface area contributed by atoms with Crippen LogP contribution in [0.5, 0.6) is 0 Å². The van der Waals surface area contributed by atoms with Crippen molar-refractivity contribution < 1.29 is 14.8 Å². The molecule has 3 N–H and O–H groups in total. The van der Waals surface area contributed by atoms with Crippen LogP contribution in [-0.4, -0.2) is 16.1 Å². The molecule has 0 radical (unpaired) electrons. The van der Waals surface area contributed by atoms with Gasteiger partial charge in [-0.15, -0.1) is 0 Å². The normalized spacial score (nSPS) is 10.9. The molecule has 23 heavy (non-hydrogen) atoms. The average molecular weight is 315 g/mol. The van der Waals surface area contributed by atoms with E-state index in [1.54, 1.807) is 56.3 Å². The Kier molecular flexibility index (Phi) is 4.49. The fourth-order valence-electron chi connectivity index (χ4n) is 2.20. The monoisotopic (exact) mass is 315 g/mol. The summed E-state index contributed by atoms with van der Waals surface area (Å²) in [5.41, 5.74) is 1.11. The van der Waals surface area contributed by atoms with E-state index in [-0.39, 0.29) is 5.69 Å². The van der Waals surface area contributed by atoms with Crippen LogP contribution in [0.3, 0.4) is 0 Å². The van der Waals surface area contributed by atoms with E-state index in [0.29, 0.717) is 11.4 Å². The molecule has 0 saturated carbocycles. The third kappa shape index (κ3) is 3.97. The number of hydrogen-bond acceptors (Lipinski definition) is 4. The van der Waals surface area contributed by atoms with Crippen molar-refractivity contribution in [2.45, 2.75) is 19.4 Å². The molecule has 0 aliphatic rings. The Bertz CT molecular complexity index is 726. The smallest absolute Gasteiger partial charge is 0.405 e. The number of amides is 1. The number of para-hydroxylation sites is 2. The van der Waals surface area contributed by atoms with Gasteiger partial charge >= 0.3 is 6.09 Å². The van der Waals surface area contributed by atoms with E-state index in [0.717, 1.165) is 5.56 Å². The molecule has 2 aromatic carbocycles. The molecule has 7 nitrogen and oxygen atoms in total. The molecule has 2 aromatic rings. The van der Waals surface area contributed by atoms with Gasteiger partial charge in [-0.1, -0.05) is 24.3 Å². The number of nitrogens with one attached hydrogen (secondary N) is 2. The van der Waals surface area contributed by atoms with Crippen molar-refractivity contribution in [2.24, 2.45) is 0 Å². The van der Waals surface area contributed by atoms with Gasteiger partial charge in [-0.2, -0.15) is 0 Å². The molecule has 2 rings (SSSR count). The number of nitro groups is 1. The maximum absolute atomic E-state index is 11.0. The molecule has 0 saturated heterocycles. The van der Waals surface area contributed by atoms with E-state index in [4.69, 9.17) is 5.11 Å². The van der Waals surface area contributed by atoms with Crippen LogP contribution in [0.1, 0.15) is 19.4 Å². The summed E-state index contributed by atoms with van der Waals surface area (Å²) >= 11 is 0. The molecule has 0 aliphatic heterocycles. The molecular formula is C16H17N3O4. The second-order valence-corrected chi connectivity index (χ2v) is 5.53. The zero-order valence-corrected chi connectivity index (χ0v) is 12.7. The Balaban J connectivity index is 2.21. The molecule has 0 atom stereocenters. The Morgan fingerprint density at radius 2 is 1.74 bits per heavy atom. The summed E-state index contributed by atoms with van der Waals surface area (Å²) in [6.45, 7) is 3.51. The first kappa shape index (κ1) is 16.3. The molecule has 120 valence electrons. The highest BCUT2D eigenvalue weighted by Gasteiger charge is 2.22. The summed E-state index contributed by atoms with van der Waals surface area (Å²) in [4.78, 5) is 21.4. The van der Waals surface area contributed by atoms with Gasteiger partial charge in [0.2, 0.25) is 0 Å². The van der Waals surface area contributed by atoms with E-state index >= 15 is 0 Å². The number of carboxylic acid groups (broad SMARTS) is 1. The van der Waals surface area contributed by atoms with Gasteiger partial charge in [0.05, 0.1) is 10.5 Å². The molecule has 0 spiro atoms. The van der Waals surface area contributed by atoms with Crippen LogP contribution in [0.4, 0.5) is 21.9 Å². The second kappa shape index (κ2) is 6.35.